The Bertz CT molecular complexity index is 1610. The van der Waals surface area contributed by atoms with E-state index >= 15 is 0 Å². The minimum absolute atomic E-state index is 0. The number of unbranched alkanes of at least 4 members (excludes halogenated alkanes) is 9. The molecule has 18 nitrogen and oxygen atoms in total. The number of esters is 1. The Kier molecular flexibility index (Phi) is 29.1. The van der Waals surface area contributed by atoms with Gasteiger partial charge in [-0.3, -0.25) is 13.8 Å². The topological polar surface area (TPSA) is 260 Å². The van der Waals surface area contributed by atoms with E-state index in [0.717, 1.165) is 12.8 Å². The summed E-state index contributed by atoms with van der Waals surface area (Å²) in [4.78, 5) is 29.8. The summed E-state index contributed by atoms with van der Waals surface area (Å²) in [6.07, 6.45) is 1.99. The molecule has 3 rings (SSSR count). The number of aliphatic hydroxyl groups excluding tert-OH is 3. The molecule has 3 saturated heterocycles. The van der Waals surface area contributed by atoms with Crippen LogP contribution in [0.4, 0.5) is 0 Å². The fourth-order valence-electron chi connectivity index (χ4n) is 10.2. The molecule has 0 unspecified atom stereocenters. The van der Waals surface area contributed by atoms with Crippen LogP contribution in [0.1, 0.15) is 166 Å². The van der Waals surface area contributed by atoms with E-state index in [-0.39, 0.29) is 67.6 Å². The van der Waals surface area contributed by atoms with Gasteiger partial charge in [-0.05, 0) is 81.3 Å². The van der Waals surface area contributed by atoms with E-state index in [1.807, 2.05) is 25.9 Å². The van der Waals surface area contributed by atoms with Gasteiger partial charge in [-0.15, -0.1) is 0 Å². The van der Waals surface area contributed by atoms with Gasteiger partial charge in [-0.2, -0.15) is 0 Å². The number of rotatable bonds is 19. The Morgan fingerprint density at radius 3 is 1.86 bits per heavy atom. The zero-order valence-electron chi connectivity index (χ0n) is 44.8. The van der Waals surface area contributed by atoms with E-state index in [4.69, 9.17) is 28.4 Å². The molecule has 0 radical (unpaired) electrons. The predicted molar refractivity (Wildman–Crippen MR) is 254 cm³/mol. The van der Waals surface area contributed by atoms with Crippen LogP contribution in [0.25, 0.3) is 0 Å². The first kappa shape index (κ1) is 66.6. The quantitative estimate of drug-likeness (QED) is 0.0408. The Hall–Kier alpha value is -0.430. The van der Waals surface area contributed by atoms with Crippen LogP contribution in [0.2, 0.25) is 0 Å². The number of likely N-dealkylation sites (N-methyl/N-ethyl adjacent to an activating group) is 1. The predicted octanol–water partition coefficient (Wildman–Crippen LogP) is 2.17. The van der Waals surface area contributed by atoms with Crippen molar-refractivity contribution in [2.45, 2.75) is 250 Å². The minimum atomic E-state index is -4.48. The number of methoxy groups -OCH3 is 1. The number of carbonyl (C=O) groups is 2. The van der Waals surface area contributed by atoms with Gasteiger partial charge in [0.2, 0.25) is 10.4 Å². The summed E-state index contributed by atoms with van der Waals surface area (Å²) < 4.78 is 71.5. The van der Waals surface area contributed by atoms with Crippen molar-refractivity contribution in [2.24, 2.45) is 23.7 Å². The van der Waals surface area contributed by atoms with Gasteiger partial charge in [0.05, 0.1) is 54.2 Å². The standard InChI is InChI=1S/C37H67NO13.C12H26O4S.Na/c1-14-25-37(10,45)30(41)20(4)27(39)18(2)16-35(8,44)32(51-34-28(40)24(38(11)12)15-19(3)47-34)21(5)29(22(6)33(43)49-25)50-26-17-36(9,46-13)31(42)23(7)48-26;1-2-3-4-5-6-7-8-9-10-11-12-16-17(13,14)15;/h18-26,28-32,34,40-42,44-45H,14-17H2,1-13H3;2-12H2,1H3,(H,13,14,15);/q;;+1/p-1/t18-,19-,20+,21+,22-,23+,24+,25-,26+,28-,29+,30-,31+,32-,34+,35-,36-,37-;;/m1../s1. The van der Waals surface area contributed by atoms with Crippen molar-refractivity contribution in [1.29, 1.82) is 0 Å². The van der Waals surface area contributed by atoms with E-state index in [1.54, 1.807) is 41.5 Å². The van der Waals surface area contributed by atoms with Crippen LogP contribution in [-0.2, 0) is 52.6 Å². The number of cyclic esters (lactones) is 1. The first-order valence-corrected chi connectivity index (χ1v) is 26.5. The van der Waals surface area contributed by atoms with Gasteiger partial charge < -0.3 is 63.4 Å². The van der Waals surface area contributed by atoms with Gasteiger partial charge in [0, 0.05) is 37.3 Å². The second kappa shape index (κ2) is 30.2. The molecule has 0 amide bonds. The third-order valence-electron chi connectivity index (χ3n) is 14.5. The molecule has 0 aromatic heterocycles. The van der Waals surface area contributed by atoms with Crippen LogP contribution in [0.3, 0.4) is 0 Å². The van der Waals surface area contributed by atoms with Crippen molar-refractivity contribution >= 4 is 22.2 Å². The first-order valence-electron chi connectivity index (χ1n) is 25.2. The second-order valence-corrected chi connectivity index (χ2v) is 21.9. The number of carbonyl (C=O) groups excluding carboxylic acids is 2. The maximum atomic E-state index is 14.1. The molecule has 3 aliphatic rings. The Morgan fingerprint density at radius 2 is 1.35 bits per heavy atom. The number of hydrogen-bond donors (Lipinski definition) is 5. The fraction of sp³-hybridized carbons (Fsp3) is 0.959. The molecule has 0 saturated carbocycles. The zero-order valence-corrected chi connectivity index (χ0v) is 47.6. The van der Waals surface area contributed by atoms with E-state index in [2.05, 4.69) is 11.1 Å². The second-order valence-electron chi connectivity index (χ2n) is 20.9. The summed E-state index contributed by atoms with van der Waals surface area (Å²) in [7, 11) is 0.692. The molecule has 69 heavy (non-hydrogen) atoms. The molecule has 3 fully saturated rings. The molecular weight excluding hydrogens is 930 g/mol. The summed E-state index contributed by atoms with van der Waals surface area (Å²) in [6, 6.07) is -0.324. The maximum absolute atomic E-state index is 14.1. The molecule has 402 valence electrons. The van der Waals surface area contributed by atoms with Crippen molar-refractivity contribution in [1.82, 2.24) is 4.90 Å². The van der Waals surface area contributed by atoms with Gasteiger partial charge in [-0.25, -0.2) is 8.42 Å². The summed E-state index contributed by atoms with van der Waals surface area (Å²) in [5.74, 6) is -4.98. The number of ether oxygens (including phenoxy) is 6. The minimum Gasteiger partial charge on any atom is -0.726 e. The molecule has 18 atom stereocenters. The normalized spacial score (nSPS) is 39.7. The van der Waals surface area contributed by atoms with Crippen molar-refractivity contribution in [2.75, 3.05) is 27.8 Å². The number of nitrogens with zero attached hydrogens (tertiary/aromatic N) is 1. The average Bonchev–Trinajstić information content (AvgIpc) is 3.26. The zero-order chi connectivity index (χ0) is 51.9. The van der Waals surface area contributed by atoms with Crippen molar-refractivity contribution in [3.8, 4) is 0 Å². The van der Waals surface area contributed by atoms with Crippen molar-refractivity contribution in [3.05, 3.63) is 0 Å². The van der Waals surface area contributed by atoms with Crippen LogP contribution in [0.5, 0.6) is 0 Å². The summed E-state index contributed by atoms with van der Waals surface area (Å²) >= 11 is 0. The SMILES string of the molecule is CCCCCCCCCCCCOS(=O)(=O)[O-].CC[C@H]1OC(=O)[C@H](C)[C@@H](O[C@H]2C[C@@](C)(OC)[C@@H](O)[C@H](C)O2)[C@H](C)[C@@H](O[C@@H]2O[C@H](C)C[C@H](N(C)C)[C@H]2O)[C@](C)(O)C[C@@H](C)C(=O)[C@H](C)[C@@H](O)[C@]1(C)O.[Na+]. The average molecular weight is 1020 g/mol. The molecule has 20 heteroatoms. The van der Waals surface area contributed by atoms with Crippen LogP contribution in [-0.4, -0.2) is 167 Å². The number of aliphatic hydroxyl groups is 5. The maximum Gasteiger partial charge on any atom is 1.00 e. The first-order chi connectivity index (χ1) is 31.5. The van der Waals surface area contributed by atoms with Crippen LogP contribution >= 0.6 is 0 Å². The molecule has 0 aromatic rings. The van der Waals surface area contributed by atoms with Crippen molar-refractivity contribution in [3.63, 3.8) is 0 Å². The van der Waals surface area contributed by atoms with Crippen LogP contribution < -0.4 is 29.6 Å². The third kappa shape index (κ3) is 20.0. The summed E-state index contributed by atoms with van der Waals surface area (Å²) in [5.41, 5.74) is -4.84. The molecular formula is C49H92NNaO17S. The molecule has 0 aromatic carbocycles. The number of hydrogen-bond acceptors (Lipinski definition) is 18. The number of ketones is 1. The van der Waals surface area contributed by atoms with Gasteiger partial charge in [-0.1, -0.05) is 92.4 Å². The van der Waals surface area contributed by atoms with Crippen LogP contribution in [0.15, 0.2) is 0 Å². The Balaban J connectivity index is 0.00000112. The monoisotopic (exact) mass is 1020 g/mol. The van der Waals surface area contributed by atoms with E-state index < -0.39 is 118 Å². The van der Waals surface area contributed by atoms with Gasteiger partial charge in [0.1, 0.15) is 29.7 Å². The summed E-state index contributed by atoms with van der Waals surface area (Å²) in [5, 5.41) is 57.6. The summed E-state index contributed by atoms with van der Waals surface area (Å²) in [6.45, 7) is 18.6. The van der Waals surface area contributed by atoms with E-state index in [1.165, 1.54) is 72.8 Å². The largest absolute Gasteiger partial charge is 1.00 e. The fourth-order valence-corrected chi connectivity index (χ4v) is 10.5. The van der Waals surface area contributed by atoms with Crippen LogP contribution in [0, 0.1) is 23.7 Å². The van der Waals surface area contributed by atoms with Crippen molar-refractivity contribution < 1.29 is 110 Å². The van der Waals surface area contributed by atoms with Gasteiger partial charge in [0.25, 0.3) is 0 Å². The molecule has 0 spiro atoms. The Morgan fingerprint density at radius 1 is 0.797 bits per heavy atom. The molecule has 0 aliphatic carbocycles. The molecule has 3 heterocycles. The van der Waals surface area contributed by atoms with E-state index in [9.17, 15) is 48.1 Å². The molecule has 5 N–H and O–H groups in total. The molecule has 0 bridgehead atoms. The third-order valence-corrected chi connectivity index (χ3v) is 15.0. The van der Waals surface area contributed by atoms with Gasteiger partial charge in [0.15, 0.2) is 12.6 Å². The smallest absolute Gasteiger partial charge is 0.726 e. The molecule has 3 aliphatic heterocycles. The van der Waals surface area contributed by atoms with E-state index in [0.29, 0.717) is 12.8 Å². The number of Topliss-reactive ketones (excluding diaryl/α,β-unsaturated/α-hetero) is 1. The Labute approximate surface area is 436 Å². The van der Waals surface area contributed by atoms with Gasteiger partial charge >= 0.3 is 35.5 Å².